The fraction of sp³-hybridized carbons (Fsp3) is 0.238. The lowest BCUT2D eigenvalue weighted by Crippen LogP contribution is -2.48. The van der Waals surface area contributed by atoms with Crippen LogP contribution in [0.3, 0.4) is 0 Å². The summed E-state index contributed by atoms with van der Waals surface area (Å²) in [5, 5.41) is 20.7. The summed E-state index contributed by atoms with van der Waals surface area (Å²) in [6.45, 7) is 0.272. The van der Waals surface area contributed by atoms with E-state index in [2.05, 4.69) is 4.98 Å². The normalized spacial score (nSPS) is 19.7. The van der Waals surface area contributed by atoms with Crippen molar-refractivity contribution in [3.05, 3.63) is 59.2 Å². The Morgan fingerprint density at radius 2 is 1.89 bits per heavy atom. The molecule has 4 rings (SSSR count). The van der Waals surface area contributed by atoms with Crippen LogP contribution < -0.4 is 0 Å². The zero-order valence-corrected chi connectivity index (χ0v) is 15.7. The summed E-state index contributed by atoms with van der Waals surface area (Å²) >= 11 is 6.18. The number of carbonyl (C=O) groups excluding carboxylic acids is 1. The van der Waals surface area contributed by atoms with Gasteiger partial charge in [-0.2, -0.15) is 0 Å². The Morgan fingerprint density at radius 1 is 1.14 bits per heavy atom. The minimum atomic E-state index is -1.10. The van der Waals surface area contributed by atoms with Crippen molar-refractivity contribution in [1.82, 2.24) is 9.88 Å². The van der Waals surface area contributed by atoms with Gasteiger partial charge in [0, 0.05) is 34.6 Å². The van der Waals surface area contributed by atoms with E-state index in [0.29, 0.717) is 17.3 Å². The minimum absolute atomic E-state index is 0.0281. The third-order valence-electron chi connectivity index (χ3n) is 5.22. The third kappa shape index (κ3) is 3.25. The minimum Gasteiger partial charge on any atom is -0.481 e. The maximum absolute atomic E-state index is 13.3. The summed E-state index contributed by atoms with van der Waals surface area (Å²) < 4.78 is 0. The maximum atomic E-state index is 13.3. The second-order valence-corrected chi connectivity index (χ2v) is 7.42. The average molecular weight is 399 g/mol. The Hall–Kier alpha value is -2.83. The van der Waals surface area contributed by atoms with Gasteiger partial charge in [0.2, 0.25) is 0 Å². The predicted octanol–water partition coefficient (Wildman–Crippen LogP) is 3.40. The number of halogens is 1. The monoisotopic (exact) mass is 398 g/mol. The van der Waals surface area contributed by atoms with Gasteiger partial charge < -0.3 is 20.1 Å². The van der Waals surface area contributed by atoms with E-state index in [1.54, 1.807) is 6.07 Å². The van der Waals surface area contributed by atoms with Crippen LogP contribution in [0.1, 0.15) is 16.9 Å². The molecule has 3 aromatic rings. The van der Waals surface area contributed by atoms with Gasteiger partial charge in [-0.25, -0.2) is 0 Å². The van der Waals surface area contributed by atoms with E-state index in [1.807, 2.05) is 42.5 Å². The van der Waals surface area contributed by atoms with Gasteiger partial charge >= 0.3 is 5.97 Å². The Kier molecular flexibility index (Phi) is 4.83. The number of nitrogens with one attached hydrogen (secondary N) is 1. The van der Waals surface area contributed by atoms with E-state index in [1.165, 1.54) is 4.90 Å². The largest absolute Gasteiger partial charge is 0.481 e. The van der Waals surface area contributed by atoms with Gasteiger partial charge in [-0.15, -0.1) is 0 Å². The lowest BCUT2D eigenvalue weighted by atomic mass is 9.94. The van der Waals surface area contributed by atoms with Crippen LogP contribution in [0.2, 0.25) is 5.02 Å². The van der Waals surface area contributed by atoms with Crippen LogP contribution in [0.4, 0.5) is 0 Å². The maximum Gasteiger partial charge on any atom is 0.310 e. The van der Waals surface area contributed by atoms with E-state index >= 15 is 0 Å². The molecule has 144 valence electrons. The molecule has 0 bridgehead atoms. The number of H-pyrrole nitrogens is 1. The first-order valence-electron chi connectivity index (χ1n) is 9.02. The molecule has 0 radical (unpaired) electrons. The Bertz CT molecular complexity index is 1050. The van der Waals surface area contributed by atoms with Crippen molar-refractivity contribution in [1.29, 1.82) is 0 Å². The van der Waals surface area contributed by atoms with Gasteiger partial charge in [-0.05, 0) is 30.2 Å². The van der Waals surface area contributed by atoms with E-state index in [9.17, 15) is 19.8 Å². The van der Waals surface area contributed by atoms with Gasteiger partial charge in [0.1, 0.15) is 11.6 Å². The molecule has 1 aliphatic rings. The van der Waals surface area contributed by atoms with Crippen molar-refractivity contribution in [3.8, 4) is 11.1 Å². The van der Waals surface area contributed by atoms with Gasteiger partial charge in [-0.1, -0.05) is 41.9 Å². The Morgan fingerprint density at radius 3 is 2.61 bits per heavy atom. The molecule has 1 aromatic heterocycles. The molecule has 1 aliphatic heterocycles. The number of nitrogens with zero attached hydrogens (tertiary/aromatic N) is 1. The Balaban J connectivity index is 1.80. The molecule has 0 unspecified atom stereocenters. The van der Waals surface area contributed by atoms with Gasteiger partial charge in [-0.3, -0.25) is 9.59 Å². The summed E-state index contributed by atoms with van der Waals surface area (Å²) in [5.41, 5.74) is 2.77. The van der Waals surface area contributed by atoms with Gasteiger partial charge in [0.15, 0.2) is 0 Å². The first-order valence-corrected chi connectivity index (χ1v) is 9.40. The van der Waals surface area contributed by atoms with E-state index in [-0.39, 0.29) is 18.9 Å². The number of fused-ring (bicyclic) bond motifs is 1. The zero-order chi connectivity index (χ0) is 19.8. The second kappa shape index (κ2) is 7.30. The van der Waals surface area contributed by atoms with E-state index in [4.69, 9.17) is 11.6 Å². The average Bonchev–Trinajstić information content (AvgIpc) is 3.06. The molecule has 0 saturated carbocycles. The van der Waals surface area contributed by atoms with Crippen molar-refractivity contribution >= 4 is 34.4 Å². The number of aliphatic hydroxyl groups is 1. The SMILES string of the molecule is O=C(O)[C@@H]1CN(C(=O)c2[nH]c3ccc(Cl)cc3c2-c2ccccc2)CC[C@@H]1O. The number of aliphatic hydroxyl groups excluding tert-OH is 1. The number of carboxylic acids is 1. The summed E-state index contributed by atoms with van der Waals surface area (Å²) in [6, 6.07) is 14.9. The quantitative estimate of drug-likeness (QED) is 0.630. The molecule has 2 aromatic carbocycles. The molecule has 7 heteroatoms. The van der Waals surface area contributed by atoms with Crippen molar-refractivity contribution in [3.63, 3.8) is 0 Å². The first kappa shape index (κ1) is 18.5. The second-order valence-electron chi connectivity index (χ2n) is 6.98. The van der Waals surface area contributed by atoms with Crippen LogP contribution in [0, 0.1) is 5.92 Å². The van der Waals surface area contributed by atoms with Crippen LogP contribution in [-0.2, 0) is 4.79 Å². The number of benzene rings is 2. The molecule has 6 nitrogen and oxygen atoms in total. The number of aromatic amines is 1. The van der Waals surface area contributed by atoms with Crippen LogP contribution in [0.5, 0.6) is 0 Å². The summed E-state index contributed by atoms with van der Waals surface area (Å²) in [4.78, 5) is 29.4. The molecule has 2 heterocycles. The summed E-state index contributed by atoms with van der Waals surface area (Å²) in [7, 11) is 0. The van der Waals surface area contributed by atoms with Crippen molar-refractivity contribution in [2.24, 2.45) is 5.92 Å². The van der Waals surface area contributed by atoms with Crippen LogP contribution >= 0.6 is 11.6 Å². The number of aromatic nitrogens is 1. The lowest BCUT2D eigenvalue weighted by Gasteiger charge is -2.34. The molecule has 0 aliphatic carbocycles. The topological polar surface area (TPSA) is 93.6 Å². The number of likely N-dealkylation sites (tertiary alicyclic amines) is 1. The van der Waals surface area contributed by atoms with Crippen molar-refractivity contribution < 1.29 is 19.8 Å². The molecule has 2 atom stereocenters. The number of hydrogen-bond donors (Lipinski definition) is 3. The number of aliphatic carboxylic acids is 1. The first-order chi connectivity index (χ1) is 13.5. The highest BCUT2D eigenvalue weighted by atomic mass is 35.5. The lowest BCUT2D eigenvalue weighted by molar-refractivity contribution is -0.148. The highest BCUT2D eigenvalue weighted by Gasteiger charge is 2.36. The number of rotatable bonds is 3. The van der Waals surface area contributed by atoms with Gasteiger partial charge in [0.25, 0.3) is 5.91 Å². The number of carboxylic acid groups (broad SMARTS) is 1. The number of hydrogen-bond acceptors (Lipinski definition) is 3. The number of piperidine rings is 1. The van der Waals surface area contributed by atoms with Crippen LogP contribution in [0.15, 0.2) is 48.5 Å². The molecule has 1 fully saturated rings. The molecular formula is C21H19ClN2O4. The van der Waals surface area contributed by atoms with Crippen LogP contribution in [-0.4, -0.2) is 51.2 Å². The smallest absolute Gasteiger partial charge is 0.310 e. The number of amides is 1. The summed E-state index contributed by atoms with van der Waals surface area (Å²) in [5.74, 6) is -2.38. The predicted molar refractivity (Wildman–Crippen MR) is 106 cm³/mol. The molecule has 1 amide bonds. The van der Waals surface area contributed by atoms with E-state index in [0.717, 1.165) is 22.0 Å². The standard InChI is InChI=1S/C21H19ClN2O4/c22-13-6-7-16-14(10-13)18(12-4-2-1-3-5-12)19(23-16)20(26)24-9-8-17(25)15(11-24)21(27)28/h1-7,10,15,17,23,25H,8-9,11H2,(H,27,28)/t15-,17+/m1/s1. The molecule has 28 heavy (non-hydrogen) atoms. The molecule has 3 N–H and O–H groups in total. The zero-order valence-electron chi connectivity index (χ0n) is 14.9. The molecular weight excluding hydrogens is 380 g/mol. The third-order valence-corrected chi connectivity index (χ3v) is 5.45. The van der Waals surface area contributed by atoms with E-state index < -0.39 is 18.0 Å². The number of carbonyl (C=O) groups is 2. The van der Waals surface area contributed by atoms with Gasteiger partial charge in [0.05, 0.1) is 6.10 Å². The van der Waals surface area contributed by atoms with Crippen molar-refractivity contribution in [2.75, 3.05) is 13.1 Å². The fourth-order valence-corrected chi connectivity index (χ4v) is 3.93. The summed E-state index contributed by atoms with van der Waals surface area (Å²) in [6.07, 6.45) is -0.716. The van der Waals surface area contributed by atoms with Crippen molar-refractivity contribution in [2.45, 2.75) is 12.5 Å². The van der Waals surface area contributed by atoms with Crippen LogP contribution in [0.25, 0.3) is 22.0 Å². The molecule has 1 saturated heterocycles. The highest BCUT2D eigenvalue weighted by molar-refractivity contribution is 6.31. The fourth-order valence-electron chi connectivity index (χ4n) is 3.75. The Labute approximate surface area is 166 Å². The highest BCUT2D eigenvalue weighted by Crippen LogP contribution is 2.35. The molecule has 0 spiro atoms.